The fourth-order valence-corrected chi connectivity index (χ4v) is 6.84. The van der Waals surface area contributed by atoms with Crippen LogP contribution in [0, 0.1) is 19.8 Å². The van der Waals surface area contributed by atoms with E-state index in [1.807, 2.05) is 54.3 Å². The standard InChI is InChI=1S/C35H41N3O6/c1-22-7-10-31(29(19-22)30-5-4-6-33(36-30)37-15-11-28(35(40)41)32(20-37)42-3)44-21-24-8-9-27-26(23(24)2)12-16-38(34(27)39)25-13-17-43-18-14-25/h4-10,19,25,28,32H,11-18,20-21H2,1-3H3,(H,40,41)/t28-,32+/m0/s1. The highest BCUT2D eigenvalue weighted by molar-refractivity contribution is 5.97. The Kier molecular flexibility index (Phi) is 8.86. The predicted molar refractivity (Wildman–Crippen MR) is 167 cm³/mol. The Labute approximate surface area is 258 Å². The molecule has 232 valence electrons. The summed E-state index contributed by atoms with van der Waals surface area (Å²) in [7, 11) is 1.56. The van der Waals surface area contributed by atoms with Crippen LogP contribution in [-0.2, 0) is 27.3 Å². The molecule has 2 atom stereocenters. The number of carbonyl (C=O) groups is 2. The first kappa shape index (κ1) is 30.1. The van der Waals surface area contributed by atoms with Crippen molar-refractivity contribution in [2.75, 3.05) is 44.9 Å². The number of hydrogen-bond acceptors (Lipinski definition) is 7. The number of pyridine rings is 1. The third-order valence-corrected chi connectivity index (χ3v) is 9.47. The number of piperidine rings is 1. The Morgan fingerprint density at radius 2 is 1.86 bits per heavy atom. The van der Waals surface area contributed by atoms with Crippen molar-refractivity contribution in [1.82, 2.24) is 9.88 Å². The SMILES string of the molecule is CO[C@@H]1CN(c2cccc(-c3cc(C)ccc3OCc3ccc4c(c3C)CCN(C3CCOCC3)C4=O)n2)CC[C@@H]1C(=O)O. The zero-order valence-electron chi connectivity index (χ0n) is 25.8. The predicted octanol–water partition coefficient (Wildman–Crippen LogP) is 5.05. The molecule has 0 bridgehead atoms. The average molecular weight is 600 g/mol. The molecule has 0 aliphatic carbocycles. The first-order valence-electron chi connectivity index (χ1n) is 15.6. The molecular formula is C35H41N3O6. The van der Waals surface area contributed by atoms with Crippen LogP contribution in [0.5, 0.6) is 5.75 Å². The highest BCUT2D eigenvalue weighted by atomic mass is 16.5. The van der Waals surface area contributed by atoms with E-state index in [1.165, 1.54) is 0 Å². The topological polar surface area (TPSA) is 101 Å². The van der Waals surface area contributed by atoms with Gasteiger partial charge < -0.3 is 29.1 Å². The van der Waals surface area contributed by atoms with Crippen LogP contribution < -0.4 is 9.64 Å². The summed E-state index contributed by atoms with van der Waals surface area (Å²) in [6.07, 6.45) is 2.75. The second kappa shape index (κ2) is 13.0. The molecule has 9 heteroatoms. The zero-order valence-corrected chi connectivity index (χ0v) is 25.8. The molecule has 1 aromatic heterocycles. The molecule has 0 spiro atoms. The van der Waals surface area contributed by atoms with E-state index in [-0.39, 0.29) is 11.9 Å². The van der Waals surface area contributed by atoms with Gasteiger partial charge in [0.1, 0.15) is 18.2 Å². The van der Waals surface area contributed by atoms with Crippen molar-refractivity contribution in [1.29, 1.82) is 0 Å². The van der Waals surface area contributed by atoms with E-state index >= 15 is 0 Å². The number of carbonyl (C=O) groups excluding carboxylic acids is 1. The van der Waals surface area contributed by atoms with Gasteiger partial charge in [0.05, 0.1) is 17.7 Å². The van der Waals surface area contributed by atoms with Crippen LogP contribution in [0.3, 0.4) is 0 Å². The van der Waals surface area contributed by atoms with E-state index in [0.29, 0.717) is 26.1 Å². The van der Waals surface area contributed by atoms with Crippen molar-refractivity contribution in [3.8, 4) is 17.0 Å². The van der Waals surface area contributed by atoms with Crippen LogP contribution in [0.1, 0.15) is 51.9 Å². The van der Waals surface area contributed by atoms with Gasteiger partial charge in [-0.15, -0.1) is 0 Å². The molecule has 2 saturated heterocycles. The minimum atomic E-state index is -0.822. The number of benzene rings is 2. The van der Waals surface area contributed by atoms with E-state index in [0.717, 1.165) is 89.7 Å². The summed E-state index contributed by atoms with van der Waals surface area (Å²) in [5.74, 6) is 0.304. The van der Waals surface area contributed by atoms with Gasteiger partial charge in [0.25, 0.3) is 5.91 Å². The van der Waals surface area contributed by atoms with Gasteiger partial charge in [-0.1, -0.05) is 23.8 Å². The average Bonchev–Trinajstić information content (AvgIpc) is 3.05. The lowest BCUT2D eigenvalue weighted by molar-refractivity contribution is -0.147. The minimum Gasteiger partial charge on any atom is -0.488 e. The molecule has 44 heavy (non-hydrogen) atoms. The number of amides is 1. The van der Waals surface area contributed by atoms with Gasteiger partial charge >= 0.3 is 5.97 Å². The van der Waals surface area contributed by atoms with Gasteiger partial charge in [-0.05, 0) is 86.6 Å². The number of hydrogen-bond donors (Lipinski definition) is 1. The summed E-state index contributed by atoms with van der Waals surface area (Å²) in [6, 6.07) is 16.3. The molecule has 3 aliphatic heterocycles. The molecular weight excluding hydrogens is 558 g/mol. The Morgan fingerprint density at radius 3 is 2.64 bits per heavy atom. The van der Waals surface area contributed by atoms with Crippen LogP contribution in [0.4, 0.5) is 5.82 Å². The Balaban J connectivity index is 1.20. The van der Waals surface area contributed by atoms with Gasteiger partial charge in [0, 0.05) is 57.1 Å². The van der Waals surface area contributed by atoms with Crippen molar-refractivity contribution in [3.05, 3.63) is 76.3 Å². The number of carboxylic acid groups (broad SMARTS) is 1. The number of aryl methyl sites for hydroxylation is 1. The van der Waals surface area contributed by atoms with E-state index in [2.05, 4.69) is 17.9 Å². The van der Waals surface area contributed by atoms with Gasteiger partial charge in [0.2, 0.25) is 0 Å². The van der Waals surface area contributed by atoms with Gasteiger partial charge in [-0.3, -0.25) is 9.59 Å². The Bertz CT molecular complexity index is 1530. The highest BCUT2D eigenvalue weighted by Crippen LogP contribution is 2.34. The van der Waals surface area contributed by atoms with Crippen LogP contribution in [0.2, 0.25) is 0 Å². The fourth-order valence-electron chi connectivity index (χ4n) is 6.84. The molecule has 0 radical (unpaired) electrons. The number of rotatable bonds is 8. The van der Waals surface area contributed by atoms with Crippen molar-refractivity contribution >= 4 is 17.7 Å². The highest BCUT2D eigenvalue weighted by Gasteiger charge is 2.35. The normalized spacial score (nSPS) is 20.8. The Morgan fingerprint density at radius 1 is 1.05 bits per heavy atom. The molecule has 9 nitrogen and oxygen atoms in total. The first-order chi connectivity index (χ1) is 21.3. The monoisotopic (exact) mass is 599 g/mol. The molecule has 2 fully saturated rings. The van der Waals surface area contributed by atoms with Crippen molar-refractivity contribution in [2.45, 2.75) is 58.3 Å². The number of aliphatic carboxylic acids is 1. The van der Waals surface area contributed by atoms with Crippen molar-refractivity contribution in [2.24, 2.45) is 5.92 Å². The van der Waals surface area contributed by atoms with Gasteiger partial charge in [-0.2, -0.15) is 0 Å². The summed E-state index contributed by atoms with van der Waals surface area (Å²) in [6.45, 7) is 7.76. The van der Waals surface area contributed by atoms with Crippen LogP contribution >= 0.6 is 0 Å². The van der Waals surface area contributed by atoms with Crippen LogP contribution in [0.15, 0.2) is 48.5 Å². The molecule has 3 aromatic rings. The Hall–Kier alpha value is -3.95. The molecule has 3 aliphatic rings. The smallest absolute Gasteiger partial charge is 0.309 e. The number of ether oxygens (including phenoxy) is 3. The van der Waals surface area contributed by atoms with E-state index in [1.54, 1.807) is 7.11 Å². The van der Waals surface area contributed by atoms with Crippen LogP contribution in [-0.4, -0.2) is 79.0 Å². The molecule has 4 heterocycles. The summed E-state index contributed by atoms with van der Waals surface area (Å²) < 4.78 is 17.5. The van der Waals surface area contributed by atoms with E-state index in [9.17, 15) is 14.7 Å². The number of fused-ring (bicyclic) bond motifs is 1. The van der Waals surface area contributed by atoms with Gasteiger partial charge in [0.15, 0.2) is 0 Å². The molecule has 0 unspecified atom stereocenters. The number of nitrogens with zero attached hydrogens (tertiary/aromatic N) is 3. The lowest BCUT2D eigenvalue weighted by Crippen LogP contribution is -2.47. The first-order valence-corrected chi connectivity index (χ1v) is 15.6. The second-order valence-electron chi connectivity index (χ2n) is 12.1. The van der Waals surface area contributed by atoms with E-state index in [4.69, 9.17) is 19.2 Å². The minimum absolute atomic E-state index is 0.129. The van der Waals surface area contributed by atoms with Crippen molar-refractivity contribution in [3.63, 3.8) is 0 Å². The number of aromatic nitrogens is 1. The molecule has 1 N–H and O–H groups in total. The third kappa shape index (κ3) is 6.03. The number of carboxylic acids is 1. The fraction of sp³-hybridized carbons (Fsp3) is 0.457. The second-order valence-corrected chi connectivity index (χ2v) is 12.1. The van der Waals surface area contributed by atoms with Crippen molar-refractivity contribution < 1.29 is 28.9 Å². The largest absolute Gasteiger partial charge is 0.488 e. The lowest BCUT2D eigenvalue weighted by atomic mass is 9.90. The summed E-state index contributed by atoms with van der Waals surface area (Å²) in [5.41, 5.74) is 6.90. The number of anilines is 1. The molecule has 2 aromatic carbocycles. The molecule has 1 amide bonds. The third-order valence-electron chi connectivity index (χ3n) is 9.47. The number of methoxy groups -OCH3 is 1. The summed E-state index contributed by atoms with van der Waals surface area (Å²) in [5, 5.41) is 9.58. The quantitative estimate of drug-likeness (QED) is 0.384. The lowest BCUT2D eigenvalue weighted by Gasteiger charge is -2.38. The zero-order chi connectivity index (χ0) is 30.8. The van der Waals surface area contributed by atoms with Gasteiger partial charge in [-0.25, -0.2) is 4.98 Å². The molecule has 6 rings (SSSR count). The maximum Gasteiger partial charge on any atom is 0.309 e. The summed E-state index contributed by atoms with van der Waals surface area (Å²) in [4.78, 5) is 34.2. The summed E-state index contributed by atoms with van der Waals surface area (Å²) >= 11 is 0. The van der Waals surface area contributed by atoms with E-state index < -0.39 is 18.0 Å². The maximum atomic E-state index is 13.4. The maximum absolute atomic E-state index is 13.4. The van der Waals surface area contributed by atoms with Crippen LogP contribution in [0.25, 0.3) is 11.3 Å². The molecule has 0 saturated carbocycles.